The van der Waals surface area contributed by atoms with Crippen molar-refractivity contribution < 1.29 is 18.8 Å². The molecule has 6 heteroatoms. The molecule has 0 aliphatic carbocycles. The monoisotopic (exact) mass is 355 g/mol. The van der Waals surface area contributed by atoms with Crippen molar-refractivity contribution >= 4 is 20.3 Å². The fourth-order valence-corrected chi connectivity index (χ4v) is 3.93. The lowest BCUT2D eigenvalue weighted by Crippen LogP contribution is -2.67. The van der Waals surface area contributed by atoms with Gasteiger partial charge in [0.25, 0.3) is 0 Å². The Labute approximate surface area is 147 Å². The van der Waals surface area contributed by atoms with Crippen LogP contribution >= 0.6 is 0 Å². The second-order valence-corrected chi connectivity index (χ2v) is 13.8. The molecule has 0 aromatic rings. The normalized spacial score (nSPS) is 23.5. The Morgan fingerprint density at radius 2 is 1.75 bits per heavy atom. The van der Waals surface area contributed by atoms with Crippen molar-refractivity contribution in [3.63, 3.8) is 0 Å². The summed E-state index contributed by atoms with van der Waals surface area (Å²) in [4.78, 5) is 25.9. The van der Waals surface area contributed by atoms with E-state index in [2.05, 4.69) is 40.4 Å². The smallest absolute Gasteiger partial charge is 0.417 e. The molecule has 1 heterocycles. The Kier molecular flexibility index (Phi) is 5.78. The van der Waals surface area contributed by atoms with Crippen LogP contribution in [0.15, 0.2) is 12.7 Å². The van der Waals surface area contributed by atoms with E-state index in [1.807, 2.05) is 6.92 Å². The number of hydrogen-bond donors (Lipinski definition) is 0. The summed E-state index contributed by atoms with van der Waals surface area (Å²) in [5.74, 6) is -0.635. The van der Waals surface area contributed by atoms with Gasteiger partial charge in [-0.25, -0.2) is 9.69 Å². The molecule has 0 unspecified atom stereocenters. The van der Waals surface area contributed by atoms with E-state index >= 15 is 0 Å². The minimum absolute atomic E-state index is 0.0581. The third kappa shape index (κ3) is 4.28. The molecule has 3 atom stereocenters. The molecule has 1 rings (SSSR count). The molecule has 138 valence electrons. The zero-order valence-corrected chi connectivity index (χ0v) is 17.6. The molecule has 0 saturated carbocycles. The average molecular weight is 356 g/mol. The van der Waals surface area contributed by atoms with Gasteiger partial charge < -0.3 is 9.16 Å². The molecule has 1 aliphatic rings. The third-order valence-electron chi connectivity index (χ3n) is 4.81. The van der Waals surface area contributed by atoms with E-state index in [1.54, 1.807) is 26.8 Å². The number of likely N-dealkylation sites (tertiary alicyclic amines) is 1. The summed E-state index contributed by atoms with van der Waals surface area (Å²) < 4.78 is 11.6. The van der Waals surface area contributed by atoms with Crippen molar-refractivity contribution in [1.29, 1.82) is 0 Å². The van der Waals surface area contributed by atoms with Crippen LogP contribution in [0.2, 0.25) is 18.1 Å². The summed E-state index contributed by atoms with van der Waals surface area (Å²) >= 11 is 0. The third-order valence-corrected chi connectivity index (χ3v) is 9.39. The van der Waals surface area contributed by atoms with Crippen LogP contribution in [-0.2, 0) is 14.0 Å². The van der Waals surface area contributed by atoms with Gasteiger partial charge in [-0.15, -0.1) is 6.58 Å². The first-order valence-corrected chi connectivity index (χ1v) is 11.4. The van der Waals surface area contributed by atoms with E-state index in [4.69, 9.17) is 9.16 Å². The second kappa shape index (κ2) is 6.63. The fraction of sp³-hybridized carbons (Fsp3) is 0.778. The van der Waals surface area contributed by atoms with E-state index in [1.165, 1.54) is 0 Å². The minimum atomic E-state index is -1.99. The Hall–Kier alpha value is -1.14. The van der Waals surface area contributed by atoms with Gasteiger partial charge in [-0.3, -0.25) is 4.79 Å². The first kappa shape index (κ1) is 20.9. The maximum absolute atomic E-state index is 12.5. The van der Waals surface area contributed by atoms with Gasteiger partial charge in [-0.2, -0.15) is 0 Å². The number of β-lactam (4-membered cyclic amide) rings is 1. The van der Waals surface area contributed by atoms with Gasteiger partial charge >= 0.3 is 6.09 Å². The van der Waals surface area contributed by atoms with Gasteiger partial charge in [0.2, 0.25) is 5.91 Å². The number of carbonyl (C=O) groups is 2. The lowest BCUT2D eigenvalue weighted by atomic mass is 9.84. The lowest BCUT2D eigenvalue weighted by molar-refractivity contribution is -0.156. The van der Waals surface area contributed by atoms with Crippen LogP contribution in [0, 0.1) is 5.92 Å². The number of nitrogens with zero attached hydrogens (tertiary/aromatic N) is 1. The van der Waals surface area contributed by atoms with E-state index in [0.717, 1.165) is 4.90 Å². The van der Waals surface area contributed by atoms with Crippen LogP contribution in [0.25, 0.3) is 0 Å². The molecule has 0 N–H and O–H groups in total. The molecule has 0 aromatic carbocycles. The number of imide groups is 1. The Bertz CT molecular complexity index is 516. The Morgan fingerprint density at radius 3 is 2.12 bits per heavy atom. The Balaban J connectivity index is 2.87. The zero-order valence-electron chi connectivity index (χ0n) is 16.6. The maximum Gasteiger partial charge on any atom is 0.417 e. The van der Waals surface area contributed by atoms with E-state index in [0.29, 0.717) is 0 Å². The predicted molar refractivity (Wildman–Crippen MR) is 98.3 cm³/mol. The van der Waals surface area contributed by atoms with Gasteiger partial charge in [0, 0.05) is 0 Å². The quantitative estimate of drug-likeness (QED) is 0.427. The summed E-state index contributed by atoms with van der Waals surface area (Å²) in [5, 5.41) is 0.0581. The topological polar surface area (TPSA) is 55.8 Å². The van der Waals surface area contributed by atoms with Crippen LogP contribution in [0.1, 0.15) is 48.5 Å². The van der Waals surface area contributed by atoms with Gasteiger partial charge in [0.1, 0.15) is 5.60 Å². The number of amides is 2. The van der Waals surface area contributed by atoms with Crippen LogP contribution in [0.3, 0.4) is 0 Å². The molecular formula is C18H33NO4Si. The van der Waals surface area contributed by atoms with Gasteiger partial charge in [-0.05, 0) is 45.8 Å². The SMILES string of the molecule is C=C[C@@H]1[C@@H]([C@@H](C)O[Si](C)(C)C(C)(C)C)C(=O)N1C(=O)OC(C)(C)C. The van der Waals surface area contributed by atoms with Gasteiger partial charge in [0.05, 0.1) is 18.1 Å². The minimum Gasteiger partial charge on any atom is -0.443 e. The number of rotatable bonds is 4. The highest BCUT2D eigenvalue weighted by Crippen LogP contribution is 2.40. The van der Waals surface area contributed by atoms with Gasteiger partial charge in [0.15, 0.2) is 8.32 Å². The summed E-state index contributed by atoms with van der Waals surface area (Å²) in [6.45, 7) is 21.8. The first-order valence-electron chi connectivity index (χ1n) is 8.49. The lowest BCUT2D eigenvalue weighted by Gasteiger charge is -2.49. The molecule has 5 nitrogen and oxygen atoms in total. The molecule has 24 heavy (non-hydrogen) atoms. The van der Waals surface area contributed by atoms with E-state index in [-0.39, 0.29) is 29.0 Å². The highest BCUT2D eigenvalue weighted by molar-refractivity contribution is 6.74. The van der Waals surface area contributed by atoms with Crippen molar-refractivity contribution in [3.05, 3.63) is 12.7 Å². The molecular weight excluding hydrogens is 322 g/mol. The van der Waals surface area contributed by atoms with Crippen LogP contribution in [0.5, 0.6) is 0 Å². The van der Waals surface area contributed by atoms with Crippen molar-refractivity contribution in [2.75, 3.05) is 0 Å². The molecule has 1 fully saturated rings. The first-order chi connectivity index (χ1) is 10.6. The number of hydrogen-bond acceptors (Lipinski definition) is 4. The van der Waals surface area contributed by atoms with E-state index in [9.17, 15) is 9.59 Å². The van der Waals surface area contributed by atoms with Crippen LogP contribution < -0.4 is 0 Å². The molecule has 0 spiro atoms. The second-order valence-electron chi connectivity index (χ2n) is 9.02. The molecule has 0 aromatic heterocycles. The highest BCUT2D eigenvalue weighted by atomic mass is 28.4. The maximum atomic E-state index is 12.5. The predicted octanol–water partition coefficient (Wildman–Crippen LogP) is 4.34. The van der Waals surface area contributed by atoms with Crippen molar-refractivity contribution in [3.8, 4) is 0 Å². The van der Waals surface area contributed by atoms with Crippen molar-refractivity contribution in [2.24, 2.45) is 5.92 Å². The standard InChI is InChI=1S/C18H33NO4Si/c1-11-13-14(12(2)23-24(9,10)18(6,7)8)15(20)19(13)16(21)22-17(3,4)5/h11-14H,1H2,2-10H3/t12-,13-,14-/m1/s1. The summed E-state index contributed by atoms with van der Waals surface area (Å²) in [7, 11) is -1.99. The van der Waals surface area contributed by atoms with Crippen LogP contribution in [0.4, 0.5) is 4.79 Å². The number of ether oxygens (including phenoxy) is 1. The molecule has 0 bridgehead atoms. The molecule has 1 saturated heterocycles. The summed E-state index contributed by atoms with van der Waals surface area (Å²) in [6.07, 6.45) is 0.745. The summed E-state index contributed by atoms with van der Waals surface area (Å²) in [6, 6.07) is -0.382. The van der Waals surface area contributed by atoms with Crippen LogP contribution in [-0.4, -0.2) is 43.0 Å². The summed E-state index contributed by atoms with van der Waals surface area (Å²) in [5.41, 5.74) is -0.641. The molecule has 1 aliphatic heterocycles. The average Bonchev–Trinajstić information content (AvgIpc) is 2.30. The largest absolute Gasteiger partial charge is 0.443 e. The fourth-order valence-electron chi connectivity index (χ4n) is 2.50. The van der Waals surface area contributed by atoms with E-state index < -0.39 is 20.0 Å². The number of carbonyl (C=O) groups excluding carboxylic acids is 2. The highest BCUT2D eigenvalue weighted by Gasteiger charge is 2.54. The Morgan fingerprint density at radius 1 is 1.25 bits per heavy atom. The molecule has 2 amide bonds. The van der Waals surface area contributed by atoms with Crippen molar-refractivity contribution in [1.82, 2.24) is 4.90 Å². The van der Waals surface area contributed by atoms with Gasteiger partial charge in [-0.1, -0.05) is 26.8 Å². The zero-order chi connectivity index (χ0) is 19.1. The van der Waals surface area contributed by atoms with Crippen molar-refractivity contribution in [2.45, 2.75) is 84.3 Å². The molecule has 0 radical (unpaired) electrons.